The quantitative estimate of drug-likeness (QED) is 0.368. The number of carbonyl (C=O) groups excluding carboxylic acids is 2. The van der Waals surface area contributed by atoms with Gasteiger partial charge < -0.3 is 20.2 Å². The number of rotatable bonds is 9. The molecule has 4 rings (SSSR count). The summed E-state index contributed by atoms with van der Waals surface area (Å²) >= 11 is 5.88. The fourth-order valence-corrected chi connectivity index (χ4v) is 7.97. The van der Waals surface area contributed by atoms with E-state index in [-0.39, 0.29) is 47.0 Å². The van der Waals surface area contributed by atoms with Crippen LogP contribution in [0.4, 0.5) is 4.39 Å². The molecule has 0 aromatic heterocycles. The third-order valence-electron chi connectivity index (χ3n) is 8.46. The van der Waals surface area contributed by atoms with Crippen LogP contribution in [0, 0.1) is 5.82 Å². The number of ketones is 1. The molecular weight excluding hydrogens is 563 g/mol. The van der Waals surface area contributed by atoms with Gasteiger partial charge in [-0.2, -0.15) is 0 Å². The minimum atomic E-state index is -4.38. The molecule has 1 saturated heterocycles. The number of aromatic hydroxyl groups is 2. The van der Waals surface area contributed by atoms with E-state index >= 15 is 0 Å². The van der Waals surface area contributed by atoms with Crippen molar-refractivity contribution < 1.29 is 37.7 Å². The number of nitrogens with zero attached hydrogens (tertiary/aromatic N) is 2. The fourth-order valence-electron chi connectivity index (χ4n) is 5.63. The van der Waals surface area contributed by atoms with Gasteiger partial charge in [-0.05, 0) is 57.2 Å². The summed E-state index contributed by atoms with van der Waals surface area (Å²) in [6.45, 7) is 6.32. The van der Waals surface area contributed by atoms with E-state index in [0.717, 1.165) is 12.1 Å². The number of carbonyl (C=O) groups is 2. The molecule has 0 bridgehead atoms. The van der Waals surface area contributed by atoms with Gasteiger partial charge >= 0.3 is 0 Å². The summed E-state index contributed by atoms with van der Waals surface area (Å²) in [7, 11) is -4.38. The Hall–Kier alpha value is -2.73. The van der Waals surface area contributed by atoms with Crippen molar-refractivity contribution in [1.82, 2.24) is 9.80 Å². The molecule has 0 saturated carbocycles. The van der Waals surface area contributed by atoms with Gasteiger partial charge in [0.1, 0.15) is 16.3 Å². The molecule has 1 fully saturated rings. The number of hydrogen-bond acceptors (Lipinski definition) is 8. The monoisotopic (exact) mass is 596 g/mol. The molecule has 1 amide bonds. The number of amides is 1. The van der Waals surface area contributed by atoms with Gasteiger partial charge in [0, 0.05) is 31.3 Å². The lowest BCUT2D eigenvalue weighted by atomic mass is 9.91. The predicted octanol–water partition coefficient (Wildman–Crippen LogP) is 4.14. The first-order valence-electron chi connectivity index (χ1n) is 13.2. The van der Waals surface area contributed by atoms with Crippen LogP contribution in [-0.4, -0.2) is 68.3 Å². The number of phenols is 2. The first-order chi connectivity index (χ1) is 18.6. The summed E-state index contributed by atoms with van der Waals surface area (Å²) in [4.78, 5) is 27.5. The molecule has 2 aliphatic heterocycles. The number of hydrogen-bond donors (Lipinski definition) is 3. The standard InChI is InChI=1S/C28H34ClFN2O7S/c1-5-27(3,37)25(35)20-8-7-11-32(20)28(4,6-2)40(38,39)22-13-21(33)24(34)23-17(22)15-31(26(23)36)14-16-9-10-19(30)18(29)12-16/h9-10,12-13,20,33-34,37H,5-8,11,14-15H2,1-4H3. The zero-order valence-corrected chi connectivity index (χ0v) is 24.4. The fraction of sp³-hybridized carbons (Fsp3) is 0.500. The number of fused-ring (bicyclic) bond motifs is 1. The van der Waals surface area contributed by atoms with Crippen LogP contribution in [0.15, 0.2) is 29.2 Å². The first kappa shape index (κ1) is 30.2. The van der Waals surface area contributed by atoms with Gasteiger partial charge in [-0.3, -0.25) is 14.5 Å². The van der Waals surface area contributed by atoms with E-state index in [2.05, 4.69) is 0 Å². The molecule has 2 aromatic carbocycles. The molecule has 2 aliphatic rings. The van der Waals surface area contributed by atoms with Crippen molar-refractivity contribution in [1.29, 1.82) is 0 Å². The van der Waals surface area contributed by atoms with E-state index in [1.54, 1.807) is 18.7 Å². The number of benzene rings is 2. The minimum Gasteiger partial charge on any atom is -0.504 e. The van der Waals surface area contributed by atoms with E-state index in [1.807, 2.05) is 0 Å². The SMILES string of the molecule is CCC(C)(O)C(=O)C1CCCN1C(C)(CC)S(=O)(=O)c1cc(O)c(O)c2c1CN(Cc1ccc(F)c(Cl)c1)C2=O. The number of likely N-dealkylation sites (tertiary alicyclic amines) is 1. The van der Waals surface area contributed by atoms with Crippen molar-refractivity contribution in [3.8, 4) is 11.5 Å². The van der Waals surface area contributed by atoms with Crippen LogP contribution in [0.5, 0.6) is 11.5 Å². The average Bonchev–Trinajstić information content (AvgIpc) is 3.52. The number of sulfone groups is 1. The topological polar surface area (TPSA) is 135 Å². The van der Waals surface area contributed by atoms with Crippen LogP contribution >= 0.6 is 11.6 Å². The van der Waals surface area contributed by atoms with Gasteiger partial charge in [0.05, 0.1) is 21.5 Å². The van der Waals surface area contributed by atoms with Gasteiger partial charge in [-0.15, -0.1) is 0 Å². The molecule has 12 heteroatoms. The average molecular weight is 597 g/mol. The van der Waals surface area contributed by atoms with Crippen LogP contribution in [0.1, 0.15) is 74.9 Å². The Morgan fingerprint density at radius 3 is 2.45 bits per heavy atom. The second kappa shape index (κ2) is 10.6. The summed E-state index contributed by atoms with van der Waals surface area (Å²) in [6.07, 6.45) is 1.16. The van der Waals surface area contributed by atoms with E-state index < -0.39 is 55.4 Å². The smallest absolute Gasteiger partial charge is 0.258 e. The molecular formula is C28H34ClFN2O7S. The van der Waals surface area contributed by atoms with E-state index in [1.165, 1.54) is 30.9 Å². The zero-order valence-electron chi connectivity index (χ0n) is 22.9. The molecule has 3 unspecified atom stereocenters. The maximum atomic E-state index is 14.4. The molecule has 9 nitrogen and oxygen atoms in total. The summed E-state index contributed by atoms with van der Waals surface area (Å²) in [5, 5.41) is 31.7. The molecule has 2 aromatic rings. The first-order valence-corrected chi connectivity index (χ1v) is 15.1. The van der Waals surface area contributed by atoms with Crippen molar-refractivity contribution in [3.05, 3.63) is 51.8 Å². The Bertz CT molecular complexity index is 1480. The lowest BCUT2D eigenvalue weighted by molar-refractivity contribution is -0.141. The normalized spacial score (nSPS) is 20.8. The molecule has 0 radical (unpaired) electrons. The van der Waals surface area contributed by atoms with Gasteiger partial charge in [0.25, 0.3) is 5.91 Å². The van der Waals surface area contributed by atoms with Gasteiger partial charge in [-0.25, -0.2) is 12.8 Å². The summed E-state index contributed by atoms with van der Waals surface area (Å²) < 4.78 is 42.5. The van der Waals surface area contributed by atoms with Crippen molar-refractivity contribution in [2.75, 3.05) is 6.54 Å². The Morgan fingerprint density at radius 2 is 1.85 bits per heavy atom. The number of phenolic OH excluding ortho intramolecular Hbond substituents is 2. The van der Waals surface area contributed by atoms with Crippen LogP contribution in [0.3, 0.4) is 0 Å². The van der Waals surface area contributed by atoms with Crippen molar-refractivity contribution in [3.63, 3.8) is 0 Å². The maximum absolute atomic E-state index is 14.4. The highest BCUT2D eigenvalue weighted by Crippen LogP contribution is 2.46. The highest BCUT2D eigenvalue weighted by molar-refractivity contribution is 7.92. The molecule has 2 heterocycles. The zero-order chi connectivity index (χ0) is 29.8. The van der Waals surface area contributed by atoms with Crippen LogP contribution in [0.25, 0.3) is 0 Å². The van der Waals surface area contributed by atoms with Crippen molar-refractivity contribution in [2.45, 2.75) is 87.9 Å². The highest BCUT2D eigenvalue weighted by atomic mass is 35.5. The summed E-state index contributed by atoms with van der Waals surface area (Å²) in [5.74, 6) is -3.29. The lowest BCUT2D eigenvalue weighted by Gasteiger charge is -2.42. The van der Waals surface area contributed by atoms with Gasteiger partial charge in [-0.1, -0.05) is 31.5 Å². The predicted molar refractivity (Wildman–Crippen MR) is 146 cm³/mol. The second-order valence-corrected chi connectivity index (χ2v) is 13.6. The highest BCUT2D eigenvalue weighted by Gasteiger charge is 2.53. The maximum Gasteiger partial charge on any atom is 0.258 e. The minimum absolute atomic E-state index is 0.0239. The van der Waals surface area contributed by atoms with Gasteiger partial charge in [0.2, 0.25) is 0 Å². The lowest BCUT2D eigenvalue weighted by Crippen LogP contribution is -2.58. The summed E-state index contributed by atoms with van der Waals surface area (Å²) in [6, 6.07) is 4.05. The second-order valence-electron chi connectivity index (χ2n) is 10.9. The number of halogens is 2. The van der Waals surface area contributed by atoms with E-state index in [9.17, 15) is 37.7 Å². The van der Waals surface area contributed by atoms with E-state index in [0.29, 0.717) is 24.9 Å². The molecule has 218 valence electrons. The molecule has 40 heavy (non-hydrogen) atoms. The van der Waals surface area contributed by atoms with Crippen molar-refractivity contribution in [2.24, 2.45) is 0 Å². The van der Waals surface area contributed by atoms with Crippen molar-refractivity contribution >= 4 is 33.1 Å². The van der Waals surface area contributed by atoms with Crippen LogP contribution in [0.2, 0.25) is 5.02 Å². The number of Topliss-reactive ketones (excluding diaryl/α,β-unsaturated/α-hetero) is 1. The number of aliphatic hydroxyl groups is 1. The molecule has 0 spiro atoms. The third kappa shape index (κ3) is 4.76. The Morgan fingerprint density at radius 1 is 1.18 bits per heavy atom. The van der Waals surface area contributed by atoms with E-state index in [4.69, 9.17) is 11.6 Å². The van der Waals surface area contributed by atoms with Crippen LogP contribution in [-0.2, 0) is 27.7 Å². The Labute approximate surface area is 238 Å². The molecule has 3 atom stereocenters. The Kier molecular flexibility index (Phi) is 8.01. The van der Waals surface area contributed by atoms with Gasteiger partial charge in [0.15, 0.2) is 27.1 Å². The van der Waals surface area contributed by atoms with Crippen LogP contribution < -0.4 is 0 Å². The summed E-state index contributed by atoms with van der Waals surface area (Å²) in [5.41, 5.74) is -1.44. The molecule has 0 aliphatic carbocycles. The Balaban J connectivity index is 1.78. The molecule has 3 N–H and O–H groups in total. The largest absolute Gasteiger partial charge is 0.504 e. The third-order valence-corrected chi connectivity index (χ3v) is 11.4.